The summed E-state index contributed by atoms with van der Waals surface area (Å²) in [6.07, 6.45) is 6.15. The molecule has 1 nitrogen and oxygen atoms in total. The molecule has 0 spiro atoms. The SMILES string of the molecule is Cc1ccc(CC(N)c2cc3c(s2)CCCC3)cc1C. The third-order valence-corrected chi connectivity index (χ3v) is 5.78. The van der Waals surface area contributed by atoms with Crippen molar-refractivity contribution in [3.8, 4) is 0 Å². The van der Waals surface area contributed by atoms with Gasteiger partial charge in [0.05, 0.1) is 0 Å². The average Bonchev–Trinajstić information content (AvgIpc) is 2.87. The molecule has 0 saturated heterocycles. The van der Waals surface area contributed by atoms with Gasteiger partial charge in [-0.1, -0.05) is 18.2 Å². The Morgan fingerprint density at radius 2 is 1.90 bits per heavy atom. The van der Waals surface area contributed by atoms with Gasteiger partial charge in [-0.2, -0.15) is 0 Å². The van der Waals surface area contributed by atoms with E-state index in [1.807, 2.05) is 11.3 Å². The fourth-order valence-corrected chi connectivity index (χ4v) is 4.24. The molecular weight excluding hydrogens is 262 g/mol. The van der Waals surface area contributed by atoms with E-state index in [0.717, 1.165) is 6.42 Å². The summed E-state index contributed by atoms with van der Waals surface area (Å²) in [6, 6.07) is 9.22. The molecule has 2 aromatic rings. The zero-order chi connectivity index (χ0) is 14.1. The van der Waals surface area contributed by atoms with Gasteiger partial charge in [0.25, 0.3) is 0 Å². The highest BCUT2D eigenvalue weighted by atomic mass is 32.1. The first-order valence-corrected chi connectivity index (χ1v) is 8.38. The van der Waals surface area contributed by atoms with Crippen molar-refractivity contribution in [3.05, 3.63) is 56.3 Å². The molecule has 0 fully saturated rings. The van der Waals surface area contributed by atoms with E-state index in [-0.39, 0.29) is 6.04 Å². The largest absolute Gasteiger partial charge is 0.323 e. The molecule has 1 aliphatic carbocycles. The lowest BCUT2D eigenvalue weighted by Gasteiger charge is -2.11. The highest BCUT2D eigenvalue weighted by Crippen LogP contribution is 2.33. The number of thiophene rings is 1. The first-order valence-electron chi connectivity index (χ1n) is 7.56. The van der Waals surface area contributed by atoms with Crippen LogP contribution < -0.4 is 5.73 Å². The number of benzene rings is 1. The number of fused-ring (bicyclic) bond motifs is 1. The lowest BCUT2D eigenvalue weighted by Crippen LogP contribution is -2.12. The van der Waals surface area contributed by atoms with Crippen molar-refractivity contribution >= 4 is 11.3 Å². The summed E-state index contributed by atoms with van der Waals surface area (Å²) in [5.41, 5.74) is 12.1. The third kappa shape index (κ3) is 2.82. The van der Waals surface area contributed by atoms with Gasteiger partial charge < -0.3 is 5.73 Å². The van der Waals surface area contributed by atoms with Crippen LogP contribution in [0.25, 0.3) is 0 Å². The van der Waals surface area contributed by atoms with E-state index >= 15 is 0 Å². The summed E-state index contributed by atoms with van der Waals surface area (Å²) in [4.78, 5) is 2.96. The average molecular weight is 285 g/mol. The van der Waals surface area contributed by atoms with Gasteiger partial charge in [0.2, 0.25) is 0 Å². The standard InChI is InChI=1S/C18H23NS/c1-12-7-8-14(9-13(12)2)10-16(19)18-11-15-5-3-4-6-17(15)20-18/h7-9,11,16H,3-6,10,19H2,1-2H3. The van der Waals surface area contributed by atoms with E-state index in [9.17, 15) is 0 Å². The van der Waals surface area contributed by atoms with Gasteiger partial charge in [-0.05, 0) is 74.3 Å². The van der Waals surface area contributed by atoms with E-state index in [1.54, 1.807) is 10.4 Å². The molecule has 1 aromatic heterocycles. The number of rotatable bonds is 3. The Morgan fingerprint density at radius 3 is 2.65 bits per heavy atom. The minimum absolute atomic E-state index is 0.146. The van der Waals surface area contributed by atoms with Crippen LogP contribution in [0.15, 0.2) is 24.3 Å². The molecule has 1 aromatic carbocycles. The van der Waals surface area contributed by atoms with Gasteiger partial charge in [0.1, 0.15) is 0 Å². The highest BCUT2D eigenvalue weighted by molar-refractivity contribution is 7.12. The van der Waals surface area contributed by atoms with E-state index in [1.165, 1.54) is 47.3 Å². The maximum absolute atomic E-state index is 6.44. The number of hydrogen-bond donors (Lipinski definition) is 1. The predicted octanol–water partition coefficient (Wildman–Crippen LogP) is 4.49. The molecule has 1 atom stereocenters. The quantitative estimate of drug-likeness (QED) is 0.883. The highest BCUT2D eigenvalue weighted by Gasteiger charge is 2.17. The van der Waals surface area contributed by atoms with Gasteiger partial charge in [-0.25, -0.2) is 0 Å². The van der Waals surface area contributed by atoms with Crippen molar-refractivity contribution in [1.29, 1.82) is 0 Å². The molecule has 1 heterocycles. The zero-order valence-corrected chi connectivity index (χ0v) is 13.2. The summed E-state index contributed by atoms with van der Waals surface area (Å²) in [7, 11) is 0. The van der Waals surface area contributed by atoms with Crippen molar-refractivity contribution in [1.82, 2.24) is 0 Å². The van der Waals surface area contributed by atoms with Crippen LogP contribution in [0.3, 0.4) is 0 Å². The molecule has 2 N–H and O–H groups in total. The van der Waals surface area contributed by atoms with Crippen LogP contribution >= 0.6 is 11.3 Å². The van der Waals surface area contributed by atoms with Crippen LogP contribution in [0.2, 0.25) is 0 Å². The monoisotopic (exact) mass is 285 g/mol. The molecule has 1 unspecified atom stereocenters. The number of nitrogens with two attached hydrogens (primary N) is 1. The fraction of sp³-hybridized carbons (Fsp3) is 0.444. The van der Waals surface area contributed by atoms with Crippen LogP contribution in [-0.2, 0) is 19.3 Å². The summed E-state index contributed by atoms with van der Waals surface area (Å²) < 4.78 is 0. The summed E-state index contributed by atoms with van der Waals surface area (Å²) in [6.45, 7) is 4.33. The lowest BCUT2D eigenvalue weighted by atomic mass is 9.97. The second-order valence-corrected chi connectivity index (χ2v) is 7.20. The minimum atomic E-state index is 0.146. The van der Waals surface area contributed by atoms with E-state index in [4.69, 9.17) is 5.73 Å². The minimum Gasteiger partial charge on any atom is -0.323 e. The molecule has 3 rings (SSSR count). The molecule has 0 amide bonds. The Bertz CT molecular complexity index is 588. The van der Waals surface area contributed by atoms with E-state index in [0.29, 0.717) is 0 Å². The van der Waals surface area contributed by atoms with E-state index < -0.39 is 0 Å². The van der Waals surface area contributed by atoms with Gasteiger partial charge in [0, 0.05) is 15.8 Å². The maximum atomic E-state index is 6.44. The molecule has 0 radical (unpaired) electrons. The summed E-state index contributed by atoms with van der Waals surface area (Å²) in [5.74, 6) is 0. The van der Waals surface area contributed by atoms with Crippen molar-refractivity contribution < 1.29 is 0 Å². The molecule has 1 aliphatic rings. The second-order valence-electron chi connectivity index (χ2n) is 6.03. The number of hydrogen-bond acceptors (Lipinski definition) is 2. The van der Waals surface area contributed by atoms with E-state index in [2.05, 4.69) is 38.1 Å². The first-order chi connectivity index (χ1) is 9.63. The lowest BCUT2D eigenvalue weighted by molar-refractivity contribution is 0.695. The third-order valence-electron chi connectivity index (χ3n) is 4.41. The first kappa shape index (κ1) is 13.8. The smallest absolute Gasteiger partial charge is 0.0430 e. The normalized spacial score (nSPS) is 15.9. The molecule has 0 aliphatic heterocycles. The molecule has 2 heteroatoms. The Balaban J connectivity index is 1.76. The van der Waals surface area contributed by atoms with Crippen molar-refractivity contribution in [2.45, 2.75) is 52.0 Å². The molecular formula is C18H23NS. The maximum Gasteiger partial charge on any atom is 0.0430 e. The Morgan fingerprint density at radius 1 is 1.10 bits per heavy atom. The Labute approximate surface area is 125 Å². The zero-order valence-electron chi connectivity index (χ0n) is 12.4. The summed E-state index contributed by atoms with van der Waals surface area (Å²) in [5, 5.41) is 0. The van der Waals surface area contributed by atoms with Crippen molar-refractivity contribution in [2.75, 3.05) is 0 Å². The summed E-state index contributed by atoms with van der Waals surface area (Å²) >= 11 is 1.95. The Kier molecular flexibility index (Phi) is 3.95. The predicted molar refractivity (Wildman–Crippen MR) is 87.5 cm³/mol. The van der Waals surface area contributed by atoms with Gasteiger partial charge in [-0.15, -0.1) is 11.3 Å². The van der Waals surface area contributed by atoms with Crippen LogP contribution in [-0.4, -0.2) is 0 Å². The molecule has 20 heavy (non-hydrogen) atoms. The van der Waals surface area contributed by atoms with Gasteiger partial charge >= 0.3 is 0 Å². The molecule has 106 valence electrons. The Hall–Kier alpha value is -1.12. The number of aryl methyl sites for hydroxylation is 4. The van der Waals surface area contributed by atoms with Gasteiger partial charge in [0.15, 0.2) is 0 Å². The van der Waals surface area contributed by atoms with Crippen molar-refractivity contribution in [3.63, 3.8) is 0 Å². The topological polar surface area (TPSA) is 26.0 Å². The molecule has 0 bridgehead atoms. The van der Waals surface area contributed by atoms with Crippen LogP contribution in [0.4, 0.5) is 0 Å². The van der Waals surface area contributed by atoms with Gasteiger partial charge in [-0.3, -0.25) is 0 Å². The van der Waals surface area contributed by atoms with Crippen LogP contribution in [0.5, 0.6) is 0 Å². The fourth-order valence-electron chi connectivity index (χ4n) is 2.98. The van der Waals surface area contributed by atoms with Crippen LogP contribution in [0.1, 0.15) is 50.9 Å². The molecule has 0 saturated carbocycles. The van der Waals surface area contributed by atoms with Crippen molar-refractivity contribution in [2.24, 2.45) is 5.73 Å². The second kappa shape index (κ2) is 5.71. The van der Waals surface area contributed by atoms with Crippen LogP contribution in [0, 0.1) is 13.8 Å².